The van der Waals surface area contributed by atoms with E-state index in [4.69, 9.17) is 4.99 Å². The van der Waals surface area contributed by atoms with E-state index in [9.17, 15) is 4.79 Å². The third-order valence-electron chi connectivity index (χ3n) is 5.70. The number of hydrogen-bond acceptors (Lipinski definition) is 3. The lowest BCUT2D eigenvalue weighted by atomic mass is 10.1. The molecule has 3 N–H and O–H groups in total. The normalized spacial score (nSPS) is 19.3. The van der Waals surface area contributed by atoms with Crippen LogP contribution in [-0.4, -0.2) is 55.5 Å². The second kappa shape index (κ2) is 11.5. The van der Waals surface area contributed by atoms with E-state index < -0.39 is 0 Å². The number of nitrogens with zero attached hydrogens (tertiary/aromatic N) is 2. The topological polar surface area (TPSA) is 68.8 Å². The first-order valence-corrected chi connectivity index (χ1v) is 11.2. The van der Waals surface area contributed by atoms with Gasteiger partial charge in [0.2, 0.25) is 0 Å². The number of carbonyl (C=O) groups is 1. The zero-order chi connectivity index (χ0) is 22.1. The van der Waals surface area contributed by atoms with E-state index in [2.05, 4.69) is 65.0 Å². The molecule has 0 aromatic heterocycles. The van der Waals surface area contributed by atoms with Gasteiger partial charge in [-0.05, 0) is 49.9 Å². The quantitative estimate of drug-likeness (QED) is 0.453. The summed E-state index contributed by atoms with van der Waals surface area (Å²) in [6.45, 7) is 7.87. The fourth-order valence-corrected chi connectivity index (χ4v) is 4.06. The molecule has 0 spiro atoms. The van der Waals surface area contributed by atoms with Crippen molar-refractivity contribution in [3.05, 3.63) is 71.3 Å². The van der Waals surface area contributed by atoms with Crippen molar-refractivity contribution in [3.8, 4) is 0 Å². The van der Waals surface area contributed by atoms with Crippen LogP contribution in [0.5, 0.6) is 0 Å². The van der Waals surface area contributed by atoms with Gasteiger partial charge in [-0.1, -0.05) is 42.5 Å². The minimum atomic E-state index is -0.0595. The average Bonchev–Trinajstić information content (AvgIpc) is 3.12. The molecule has 1 fully saturated rings. The minimum absolute atomic E-state index is 0.0595. The molecule has 31 heavy (non-hydrogen) atoms. The second-order valence-corrected chi connectivity index (χ2v) is 8.13. The van der Waals surface area contributed by atoms with Crippen LogP contribution in [0.3, 0.4) is 0 Å². The molecular formula is C25H35N5O. The van der Waals surface area contributed by atoms with E-state index in [1.807, 2.05) is 24.3 Å². The van der Waals surface area contributed by atoms with Crippen LogP contribution in [0.1, 0.15) is 41.8 Å². The van der Waals surface area contributed by atoms with Gasteiger partial charge < -0.3 is 16.0 Å². The van der Waals surface area contributed by atoms with Crippen LogP contribution in [0, 0.1) is 0 Å². The van der Waals surface area contributed by atoms with Crippen molar-refractivity contribution < 1.29 is 4.79 Å². The molecule has 2 aromatic rings. The third-order valence-corrected chi connectivity index (χ3v) is 5.70. The Hall–Kier alpha value is -2.86. The van der Waals surface area contributed by atoms with Gasteiger partial charge >= 0.3 is 0 Å². The number of hydrogen-bond donors (Lipinski definition) is 3. The minimum Gasteiger partial charge on any atom is -0.357 e. The molecule has 1 aliphatic rings. The number of likely N-dealkylation sites (tertiary alicyclic amines) is 1. The zero-order valence-electron chi connectivity index (χ0n) is 18.9. The Morgan fingerprint density at radius 3 is 2.65 bits per heavy atom. The van der Waals surface area contributed by atoms with Crippen molar-refractivity contribution in [3.63, 3.8) is 0 Å². The first-order chi connectivity index (χ1) is 15.1. The van der Waals surface area contributed by atoms with E-state index in [1.54, 1.807) is 7.05 Å². The monoisotopic (exact) mass is 421 g/mol. The first kappa shape index (κ1) is 22.8. The molecule has 2 aromatic carbocycles. The Labute approximate surface area is 186 Å². The van der Waals surface area contributed by atoms with Gasteiger partial charge in [0.1, 0.15) is 0 Å². The smallest absolute Gasteiger partial charge is 0.251 e. The largest absolute Gasteiger partial charge is 0.357 e. The maximum absolute atomic E-state index is 11.8. The number of guanidine groups is 1. The van der Waals surface area contributed by atoms with Crippen LogP contribution < -0.4 is 16.0 Å². The molecule has 3 rings (SSSR count). The number of benzene rings is 2. The highest BCUT2D eigenvalue weighted by Gasteiger charge is 2.29. The Bertz CT molecular complexity index is 867. The van der Waals surface area contributed by atoms with Crippen molar-refractivity contribution in [2.24, 2.45) is 4.99 Å². The van der Waals surface area contributed by atoms with Crippen LogP contribution in [0.4, 0.5) is 0 Å². The number of amides is 1. The van der Waals surface area contributed by atoms with Crippen molar-refractivity contribution in [2.75, 3.05) is 26.7 Å². The lowest BCUT2D eigenvalue weighted by Gasteiger charge is -2.21. The number of nitrogens with one attached hydrogen (secondary N) is 3. The summed E-state index contributed by atoms with van der Waals surface area (Å²) in [5.74, 6) is 0.805. The Morgan fingerprint density at radius 1 is 1.13 bits per heavy atom. The number of carbonyl (C=O) groups excluding carboxylic acids is 1. The molecule has 1 aliphatic heterocycles. The van der Waals surface area contributed by atoms with Crippen molar-refractivity contribution in [2.45, 2.75) is 45.3 Å². The summed E-state index contributed by atoms with van der Waals surface area (Å²) in [4.78, 5) is 19.1. The SMILES string of the molecule is CCNC(=NCCc1cccc(C(=O)NC)c1)NC1CC(C)N(Cc2ccccc2)C1. The third kappa shape index (κ3) is 6.82. The fraction of sp³-hybridized carbons (Fsp3) is 0.440. The molecular weight excluding hydrogens is 386 g/mol. The van der Waals surface area contributed by atoms with Gasteiger partial charge in [-0.3, -0.25) is 14.7 Å². The maximum Gasteiger partial charge on any atom is 0.251 e. The summed E-state index contributed by atoms with van der Waals surface area (Å²) >= 11 is 0. The highest BCUT2D eigenvalue weighted by atomic mass is 16.1. The first-order valence-electron chi connectivity index (χ1n) is 11.2. The van der Waals surface area contributed by atoms with Crippen LogP contribution in [0.25, 0.3) is 0 Å². The molecule has 0 aliphatic carbocycles. The maximum atomic E-state index is 11.8. The van der Waals surface area contributed by atoms with Gasteiger partial charge in [0.05, 0.1) is 0 Å². The van der Waals surface area contributed by atoms with E-state index in [0.717, 1.165) is 44.0 Å². The van der Waals surface area contributed by atoms with Crippen molar-refractivity contribution in [1.82, 2.24) is 20.9 Å². The predicted molar refractivity (Wildman–Crippen MR) is 127 cm³/mol. The molecule has 0 saturated carbocycles. The lowest BCUT2D eigenvalue weighted by molar-refractivity contribution is 0.0963. The number of aliphatic imine (C=N–C) groups is 1. The Balaban J connectivity index is 1.54. The summed E-state index contributed by atoms with van der Waals surface area (Å²) < 4.78 is 0. The highest BCUT2D eigenvalue weighted by molar-refractivity contribution is 5.94. The van der Waals surface area contributed by atoms with Crippen molar-refractivity contribution >= 4 is 11.9 Å². The molecule has 6 heteroatoms. The molecule has 2 unspecified atom stereocenters. The molecule has 1 heterocycles. The molecule has 1 amide bonds. The molecule has 0 radical (unpaired) electrons. The van der Waals surface area contributed by atoms with Crippen LogP contribution in [0.15, 0.2) is 59.6 Å². The van der Waals surface area contributed by atoms with Gasteiger partial charge in [0.25, 0.3) is 5.91 Å². The second-order valence-electron chi connectivity index (χ2n) is 8.13. The summed E-state index contributed by atoms with van der Waals surface area (Å²) in [6, 6.07) is 19.3. The number of rotatable bonds is 8. The summed E-state index contributed by atoms with van der Waals surface area (Å²) in [7, 11) is 1.65. The molecule has 6 nitrogen and oxygen atoms in total. The van der Waals surface area contributed by atoms with E-state index in [1.165, 1.54) is 5.56 Å². The van der Waals surface area contributed by atoms with Gasteiger partial charge in [0, 0.05) is 50.9 Å². The fourth-order valence-electron chi connectivity index (χ4n) is 4.06. The highest BCUT2D eigenvalue weighted by Crippen LogP contribution is 2.20. The van der Waals surface area contributed by atoms with Gasteiger partial charge in [-0.15, -0.1) is 0 Å². The van der Waals surface area contributed by atoms with Crippen LogP contribution in [0.2, 0.25) is 0 Å². The van der Waals surface area contributed by atoms with Crippen LogP contribution in [-0.2, 0) is 13.0 Å². The van der Waals surface area contributed by atoms with Gasteiger partial charge in [-0.2, -0.15) is 0 Å². The van der Waals surface area contributed by atoms with E-state index in [0.29, 0.717) is 24.2 Å². The molecule has 1 saturated heterocycles. The Morgan fingerprint density at radius 2 is 1.90 bits per heavy atom. The standard InChI is InChI=1S/C25H35N5O/c1-4-27-25(28-14-13-20-11-8-12-22(16-20)24(31)26-3)29-23-15-19(2)30(18-23)17-21-9-6-5-7-10-21/h5-12,16,19,23H,4,13-15,17-18H2,1-3H3,(H,26,31)(H2,27,28,29). The molecule has 0 bridgehead atoms. The van der Waals surface area contributed by atoms with Crippen LogP contribution >= 0.6 is 0 Å². The van der Waals surface area contributed by atoms with Gasteiger partial charge in [0.15, 0.2) is 5.96 Å². The predicted octanol–water partition coefficient (Wildman–Crippen LogP) is 2.81. The Kier molecular flexibility index (Phi) is 8.47. The van der Waals surface area contributed by atoms with Crippen molar-refractivity contribution in [1.29, 1.82) is 0 Å². The lowest BCUT2D eigenvalue weighted by Crippen LogP contribution is -2.44. The summed E-state index contributed by atoms with van der Waals surface area (Å²) in [6.07, 6.45) is 1.90. The van der Waals surface area contributed by atoms with E-state index >= 15 is 0 Å². The molecule has 2 atom stereocenters. The zero-order valence-corrected chi connectivity index (χ0v) is 18.9. The molecule has 166 valence electrons. The summed E-state index contributed by atoms with van der Waals surface area (Å²) in [5.41, 5.74) is 3.16. The van der Waals surface area contributed by atoms with Gasteiger partial charge in [-0.25, -0.2) is 0 Å². The summed E-state index contributed by atoms with van der Waals surface area (Å²) in [5, 5.41) is 9.66. The average molecular weight is 422 g/mol. The van der Waals surface area contributed by atoms with E-state index in [-0.39, 0.29) is 5.91 Å².